The Labute approximate surface area is 89.7 Å². The van der Waals surface area contributed by atoms with E-state index < -0.39 is 5.97 Å². The van der Waals surface area contributed by atoms with Crippen LogP contribution in [0.25, 0.3) is 0 Å². The summed E-state index contributed by atoms with van der Waals surface area (Å²) in [4.78, 5) is 13.5. The third-order valence-corrected chi connectivity index (χ3v) is 2.43. The van der Waals surface area contributed by atoms with Crippen molar-refractivity contribution in [1.29, 1.82) is 0 Å². The first-order valence-electron chi connectivity index (χ1n) is 5.25. The average molecular weight is 210 g/mol. The molecule has 0 fully saturated rings. The van der Waals surface area contributed by atoms with Crippen molar-refractivity contribution in [2.75, 3.05) is 13.1 Å². The highest BCUT2D eigenvalue weighted by molar-refractivity contribution is 5.69. The van der Waals surface area contributed by atoms with Crippen LogP contribution in [0, 0.1) is 5.92 Å². The predicted molar refractivity (Wildman–Crippen MR) is 58.8 cm³/mol. The van der Waals surface area contributed by atoms with E-state index in [-0.39, 0.29) is 5.92 Å². The van der Waals surface area contributed by atoms with Crippen molar-refractivity contribution < 1.29 is 9.90 Å². The molecule has 0 aliphatic carbocycles. The smallest absolute Gasteiger partial charge is 0.306 e. The first-order valence-corrected chi connectivity index (χ1v) is 5.25. The molecule has 3 N–H and O–H groups in total. The Balaban J connectivity index is 2.00. The number of hydrogen-bond acceptors (Lipinski definition) is 2. The molecule has 0 spiro atoms. The van der Waals surface area contributed by atoms with Crippen molar-refractivity contribution in [2.45, 2.75) is 19.8 Å². The minimum atomic E-state index is -0.720. The van der Waals surface area contributed by atoms with Crippen LogP contribution in [0.2, 0.25) is 0 Å². The van der Waals surface area contributed by atoms with E-state index in [2.05, 4.69) is 10.3 Å². The summed E-state index contributed by atoms with van der Waals surface area (Å²) >= 11 is 0. The van der Waals surface area contributed by atoms with Gasteiger partial charge in [0, 0.05) is 12.4 Å². The summed E-state index contributed by atoms with van der Waals surface area (Å²) in [7, 11) is 0. The minimum absolute atomic E-state index is 0.259. The molecule has 0 bridgehead atoms. The van der Waals surface area contributed by atoms with Crippen molar-refractivity contribution in [2.24, 2.45) is 5.92 Å². The molecule has 0 saturated carbocycles. The fourth-order valence-corrected chi connectivity index (χ4v) is 1.31. The van der Waals surface area contributed by atoms with Gasteiger partial charge in [-0.1, -0.05) is 6.92 Å². The van der Waals surface area contributed by atoms with Crippen LogP contribution >= 0.6 is 0 Å². The van der Waals surface area contributed by atoms with Gasteiger partial charge >= 0.3 is 5.97 Å². The van der Waals surface area contributed by atoms with Crippen LogP contribution < -0.4 is 5.32 Å². The topological polar surface area (TPSA) is 65.1 Å². The number of carboxylic acids is 1. The number of carboxylic acid groups (broad SMARTS) is 1. The van der Waals surface area contributed by atoms with Crippen molar-refractivity contribution in [3.05, 3.63) is 24.0 Å². The molecule has 4 heteroatoms. The molecular formula is C11H18N2O2. The Morgan fingerprint density at radius 2 is 2.40 bits per heavy atom. The molecule has 0 radical (unpaired) electrons. The van der Waals surface area contributed by atoms with Gasteiger partial charge in [0.25, 0.3) is 0 Å². The molecule has 1 atom stereocenters. The summed E-state index contributed by atoms with van der Waals surface area (Å²) in [6.45, 7) is 3.39. The van der Waals surface area contributed by atoms with Crippen molar-refractivity contribution in [3.63, 3.8) is 0 Å². The van der Waals surface area contributed by atoms with E-state index in [4.69, 9.17) is 5.11 Å². The number of aromatic nitrogens is 1. The Morgan fingerprint density at radius 3 is 3.00 bits per heavy atom. The monoisotopic (exact) mass is 210 g/mol. The number of nitrogens with one attached hydrogen (secondary N) is 2. The molecule has 0 aromatic carbocycles. The molecule has 15 heavy (non-hydrogen) atoms. The van der Waals surface area contributed by atoms with Gasteiger partial charge in [-0.15, -0.1) is 0 Å². The zero-order valence-electron chi connectivity index (χ0n) is 8.99. The lowest BCUT2D eigenvalue weighted by molar-refractivity contribution is -0.141. The first kappa shape index (κ1) is 11.8. The fraction of sp³-hybridized carbons (Fsp3) is 0.545. The van der Waals surface area contributed by atoms with E-state index in [0.717, 1.165) is 19.5 Å². The van der Waals surface area contributed by atoms with Crippen LogP contribution in [-0.4, -0.2) is 29.1 Å². The summed E-state index contributed by atoms with van der Waals surface area (Å²) in [5, 5.41) is 11.9. The molecule has 0 saturated heterocycles. The molecular weight excluding hydrogens is 192 g/mol. The Morgan fingerprint density at radius 1 is 1.60 bits per heavy atom. The fourth-order valence-electron chi connectivity index (χ4n) is 1.31. The molecule has 1 aromatic rings. The number of hydrogen-bond donors (Lipinski definition) is 3. The van der Waals surface area contributed by atoms with E-state index >= 15 is 0 Å². The van der Waals surface area contributed by atoms with Gasteiger partial charge in [-0.2, -0.15) is 0 Å². The highest BCUT2D eigenvalue weighted by Gasteiger charge is 2.09. The molecule has 1 aromatic heterocycles. The van der Waals surface area contributed by atoms with Crippen LogP contribution in [0.4, 0.5) is 0 Å². The SMILES string of the molecule is CC(CCNCCc1cc[nH]c1)C(=O)O. The first-order chi connectivity index (χ1) is 7.20. The number of rotatable bonds is 7. The van der Waals surface area contributed by atoms with Gasteiger partial charge in [-0.05, 0) is 37.6 Å². The third kappa shape index (κ3) is 4.65. The van der Waals surface area contributed by atoms with Crippen LogP contribution in [0.15, 0.2) is 18.5 Å². The lowest BCUT2D eigenvalue weighted by atomic mass is 10.1. The Kier molecular flexibility index (Phi) is 4.90. The molecule has 1 unspecified atom stereocenters. The lowest BCUT2D eigenvalue weighted by Gasteiger charge is -2.06. The second kappa shape index (κ2) is 6.24. The molecule has 1 rings (SSSR count). The highest BCUT2D eigenvalue weighted by atomic mass is 16.4. The second-order valence-electron chi connectivity index (χ2n) is 3.75. The Hall–Kier alpha value is -1.29. The van der Waals surface area contributed by atoms with Crippen LogP contribution in [0.1, 0.15) is 18.9 Å². The quantitative estimate of drug-likeness (QED) is 0.593. The molecule has 0 aliphatic rings. The van der Waals surface area contributed by atoms with E-state index in [1.165, 1.54) is 5.56 Å². The van der Waals surface area contributed by atoms with E-state index in [0.29, 0.717) is 6.42 Å². The van der Waals surface area contributed by atoms with Gasteiger partial charge in [0.15, 0.2) is 0 Å². The normalized spacial score (nSPS) is 12.6. The molecule has 84 valence electrons. The van der Waals surface area contributed by atoms with Crippen molar-refractivity contribution in [1.82, 2.24) is 10.3 Å². The molecule has 0 aliphatic heterocycles. The maximum Gasteiger partial charge on any atom is 0.306 e. The molecule has 4 nitrogen and oxygen atoms in total. The van der Waals surface area contributed by atoms with Gasteiger partial charge in [-0.25, -0.2) is 0 Å². The standard InChI is InChI=1S/C11H18N2O2/c1-9(11(14)15)2-5-12-6-3-10-4-7-13-8-10/h4,7-9,12-13H,2-3,5-6H2,1H3,(H,14,15). The van der Waals surface area contributed by atoms with E-state index in [9.17, 15) is 4.79 Å². The lowest BCUT2D eigenvalue weighted by Crippen LogP contribution is -2.22. The van der Waals surface area contributed by atoms with E-state index in [1.54, 1.807) is 6.92 Å². The average Bonchev–Trinajstić information content (AvgIpc) is 2.69. The van der Waals surface area contributed by atoms with Gasteiger partial charge in [0.2, 0.25) is 0 Å². The molecule has 0 amide bonds. The number of aliphatic carboxylic acids is 1. The largest absolute Gasteiger partial charge is 0.481 e. The van der Waals surface area contributed by atoms with Crippen molar-refractivity contribution >= 4 is 5.97 Å². The number of aromatic amines is 1. The van der Waals surface area contributed by atoms with Gasteiger partial charge in [-0.3, -0.25) is 4.79 Å². The maximum absolute atomic E-state index is 10.5. The summed E-state index contributed by atoms with van der Waals surface area (Å²) in [5.41, 5.74) is 1.27. The van der Waals surface area contributed by atoms with Crippen molar-refractivity contribution in [3.8, 4) is 0 Å². The summed E-state index contributed by atoms with van der Waals surface area (Å²) in [6, 6.07) is 2.04. The van der Waals surface area contributed by atoms with Gasteiger partial charge in [0.1, 0.15) is 0 Å². The van der Waals surface area contributed by atoms with Crippen LogP contribution in [0.3, 0.4) is 0 Å². The zero-order valence-corrected chi connectivity index (χ0v) is 8.99. The third-order valence-electron chi connectivity index (χ3n) is 2.43. The highest BCUT2D eigenvalue weighted by Crippen LogP contribution is 2.00. The molecule has 1 heterocycles. The predicted octanol–water partition coefficient (Wildman–Crippen LogP) is 1.26. The van der Waals surface area contributed by atoms with Crippen LogP contribution in [-0.2, 0) is 11.2 Å². The van der Waals surface area contributed by atoms with E-state index in [1.807, 2.05) is 18.5 Å². The minimum Gasteiger partial charge on any atom is -0.481 e. The zero-order chi connectivity index (χ0) is 11.1. The van der Waals surface area contributed by atoms with Gasteiger partial charge in [0.05, 0.1) is 5.92 Å². The number of H-pyrrole nitrogens is 1. The number of carbonyl (C=O) groups is 1. The summed E-state index contributed by atoms with van der Waals surface area (Å²) in [5.74, 6) is -0.979. The maximum atomic E-state index is 10.5. The summed E-state index contributed by atoms with van der Waals surface area (Å²) < 4.78 is 0. The van der Waals surface area contributed by atoms with Gasteiger partial charge < -0.3 is 15.4 Å². The van der Waals surface area contributed by atoms with Crippen LogP contribution in [0.5, 0.6) is 0 Å². The Bertz CT molecular complexity index is 283. The second-order valence-corrected chi connectivity index (χ2v) is 3.75. The summed E-state index contributed by atoms with van der Waals surface area (Å²) in [6.07, 6.45) is 5.54.